The van der Waals surface area contributed by atoms with Gasteiger partial charge in [0.05, 0.1) is 26.7 Å². The summed E-state index contributed by atoms with van der Waals surface area (Å²) in [4.78, 5) is 22.8. The normalized spacial score (nSPS) is 11.8. The average Bonchev–Trinajstić information content (AvgIpc) is 2.37. The topological polar surface area (TPSA) is 78.6 Å². The number of halogens is 1. The molecule has 1 rings (SSSR count). The molecule has 0 saturated carbocycles. The number of nitrogens with two attached hydrogens (primary N) is 1. The number of hydrogen-bond donors (Lipinski definition) is 1. The summed E-state index contributed by atoms with van der Waals surface area (Å²) in [7, 11) is 2.52. The van der Waals surface area contributed by atoms with Crippen molar-refractivity contribution in [3.63, 3.8) is 0 Å². The molecule has 0 aliphatic carbocycles. The van der Waals surface area contributed by atoms with Crippen molar-refractivity contribution in [3.05, 3.63) is 29.6 Å². The van der Waals surface area contributed by atoms with Crippen LogP contribution in [0, 0.1) is 5.82 Å². The third kappa shape index (κ3) is 3.27. The molecule has 0 fully saturated rings. The molecule has 5 nitrogen and oxygen atoms in total. The molecule has 0 saturated heterocycles. The molecule has 1 unspecified atom stereocenters. The minimum Gasteiger partial charge on any atom is -0.494 e. The van der Waals surface area contributed by atoms with Crippen LogP contribution < -0.4 is 10.5 Å². The van der Waals surface area contributed by atoms with Crippen LogP contribution in [0.3, 0.4) is 0 Å². The van der Waals surface area contributed by atoms with Gasteiger partial charge in [-0.25, -0.2) is 4.39 Å². The molecule has 0 radical (unpaired) electrons. The second kappa shape index (κ2) is 6.11. The van der Waals surface area contributed by atoms with Gasteiger partial charge in [-0.15, -0.1) is 0 Å². The summed E-state index contributed by atoms with van der Waals surface area (Å²) < 4.78 is 22.5. The van der Waals surface area contributed by atoms with E-state index in [4.69, 9.17) is 10.5 Å². The lowest BCUT2D eigenvalue weighted by Gasteiger charge is -2.10. The molecule has 0 bridgehead atoms. The summed E-state index contributed by atoms with van der Waals surface area (Å²) in [6.07, 6.45) is -0.247. The second-order valence-electron chi connectivity index (χ2n) is 3.60. The van der Waals surface area contributed by atoms with Crippen molar-refractivity contribution in [3.8, 4) is 5.75 Å². The Morgan fingerprint density at radius 1 is 1.39 bits per heavy atom. The fraction of sp³-hybridized carbons (Fsp3) is 0.333. The lowest BCUT2D eigenvalue weighted by molar-refractivity contribution is -0.140. The molecule has 6 heteroatoms. The Balaban J connectivity index is 2.84. The van der Waals surface area contributed by atoms with Gasteiger partial charge in [-0.1, -0.05) is 0 Å². The smallest absolute Gasteiger partial charge is 0.307 e. The number of carbonyl (C=O) groups is 2. The summed E-state index contributed by atoms with van der Waals surface area (Å²) in [5.41, 5.74) is 5.63. The van der Waals surface area contributed by atoms with E-state index in [0.717, 1.165) is 6.07 Å². The summed E-state index contributed by atoms with van der Waals surface area (Å²) >= 11 is 0. The molecule has 1 atom stereocenters. The third-order valence-corrected chi connectivity index (χ3v) is 2.39. The van der Waals surface area contributed by atoms with Crippen molar-refractivity contribution in [2.45, 2.75) is 12.5 Å². The molecule has 0 aliphatic rings. The number of ketones is 1. The number of hydrogen-bond acceptors (Lipinski definition) is 5. The van der Waals surface area contributed by atoms with Crippen molar-refractivity contribution in [1.82, 2.24) is 0 Å². The minimum absolute atomic E-state index is 0.0353. The van der Waals surface area contributed by atoms with E-state index in [1.54, 1.807) is 0 Å². The first-order chi connectivity index (χ1) is 8.49. The van der Waals surface area contributed by atoms with Gasteiger partial charge in [0.25, 0.3) is 0 Å². The predicted molar refractivity (Wildman–Crippen MR) is 61.9 cm³/mol. The van der Waals surface area contributed by atoms with Crippen molar-refractivity contribution < 1.29 is 23.5 Å². The largest absolute Gasteiger partial charge is 0.494 e. The molecular formula is C12H14FNO4. The number of methoxy groups -OCH3 is 2. The Morgan fingerprint density at radius 2 is 2.06 bits per heavy atom. The molecular weight excluding hydrogens is 241 g/mol. The lowest BCUT2D eigenvalue weighted by atomic mass is 10.0. The van der Waals surface area contributed by atoms with Crippen LogP contribution in [0.15, 0.2) is 18.2 Å². The molecule has 1 aromatic rings. The quantitative estimate of drug-likeness (QED) is 0.625. The Morgan fingerprint density at radius 3 is 2.56 bits per heavy atom. The maximum atomic E-state index is 13.4. The van der Waals surface area contributed by atoms with Crippen LogP contribution >= 0.6 is 0 Å². The van der Waals surface area contributed by atoms with Crippen LogP contribution in [0.5, 0.6) is 5.75 Å². The molecule has 0 heterocycles. The summed E-state index contributed by atoms with van der Waals surface area (Å²) in [6, 6.07) is 2.69. The van der Waals surface area contributed by atoms with E-state index in [1.807, 2.05) is 0 Å². The van der Waals surface area contributed by atoms with Gasteiger partial charge in [-0.3, -0.25) is 9.59 Å². The molecule has 2 N–H and O–H groups in total. The molecule has 18 heavy (non-hydrogen) atoms. The average molecular weight is 255 g/mol. The van der Waals surface area contributed by atoms with Gasteiger partial charge in [-0.2, -0.15) is 0 Å². The van der Waals surface area contributed by atoms with Gasteiger partial charge in [0.1, 0.15) is 0 Å². The number of esters is 1. The van der Waals surface area contributed by atoms with Gasteiger partial charge in [0.2, 0.25) is 0 Å². The maximum absolute atomic E-state index is 13.4. The van der Waals surface area contributed by atoms with Gasteiger partial charge in [0.15, 0.2) is 17.3 Å². The molecule has 98 valence electrons. The zero-order valence-electron chi connectivity index (χ0n) is 10.1. The van der Waals surface area contributed by atoms with E-state index in [0.29, 0.717) is 0 Å². The van der Waals surface area contributed by atoms with E-state index in [1.165, 1.54) is 26.4 Å². The highest BCUT2D eigenvalue weighted by Gasteiger charge is 2.20. The van der Waals surface area contributed by atoms with Crippen molar-refractivity contribution in [1.29, 1.82) is 0 Å². The highest BCUT2D eigenvalue weighted by Crippen LogP contribution is 2.18. The monoisotopic (exact) mass is 255 g/mol. The van der Waals surface area contributed by atoms with E-state index in [9.17, 15) is 14.0 Å². The highest BCUT2D eigenvalue weighted by atomic mass is 19.1. The van der Waals surface area contributed by atoms with E-state index < -0.39 is 23.6 Å². The van der Waals surface area contributed by atoms with Crippen molar-refractivity contribution in [2.75, 3.05) is 14.2 Å². The number of carbonyl (C=O) groups excluding carboxylic acids is 2. The van der Waals surface area contributed by atoms with Crippen LogP contribution in [-0.2, 0) is 9.53 Å². The Kier molecular flexibility index (Phi) is 4.79. The Labute approximate surface area is 104 Å². The number of ether oxygens (including phenoxy) is 2. The van der Waals surface area contributed by atoms with E-state index in [2.05, 4.69) is 4.74 Å². The zero-order chi connectivity index (χ0) is 13.7. The third-order valence-electron chi connectivity index (χ3n) is 2.39. The van der Waals surface area contributed by atoms with Crippen LogP contribution in [0.4, 0.5) is 4.39 Å². The summed E-state index contributed by atoms with van der Waals surface area (Å²) in [5.74, 6) is -1.74. The van der Waals surface area contributed by atoms with Gasteiger partial charge in [0, 0.05) is 5.56 Å². The van der Waals surface area contributed by atoms with Gasteiger partial charge in [-0.05, 0) is 18.2 Å². The predicted octanol–water partition coefficient (Wildman–Crippen LogP) is 0.907. The SMILES string of the molecule is COC(=O)CC(N)C(=O)c1ccc(OC)c(F)c1. The Hall–Kier alpha value is -1.95. The van der Waals surface area contributed by atoms with E-state index in [-0.39, 0.29) is 17.7 Å². The first kappa shape index (κ1) is 14.1. The Bertz CT molecular complexity index is 461. The molecule has 0 spiro atoms. The van der Waals surface area contributed by atoms with Gasteiger partial charge >= 0.3 is 5.97 Å². The fourth-order valence-corrected chi connectivity index (χ4v) is 1.39. The molecule has 0 aliphatic heterocycles. The number of Topliss-reactive ketones (excluding diaryl/α,β-unsaturated/α-hetero) is 1. The fourth-order valence-electron chi connectivity index (χ4n) is 1.39. The standard InChI is InChI=1S/C12H14FNO4/c1-17-10-4-3-7(5-8(10)13)12(16)9(14)6-11(15)18-2/h3-5,9H,6,14H2,1-2H3. The zero-order valence-corrected chi connectivity index (χ0v) is 10.1. The highest BCUT2D eigenvalue weighted by molar-refractivity contribution is 6.01. The molecule has 0 amide bonds. The van der Waals surface area contributed by atoms with Crippen LogP contribution in [-0.4, -0.2) is 32.0 Å². The summed E-state index contributed by atoms with van der Waals surface area (Å²) in [5, 5.41) is 0. The summed E-state index contributed by atoms with van der Waals surface area (Å²) in [6.45, 7) is 0. The van der Waals surface area contributed by atoms with Crippen LogP contribution in [0.1, 0.15) is 16.8 Å². The van der Waals surface area contributed by atoms with Crippen molar-refractivity contribution in [2.24, 2.45) is 5.73 Å². The molecule has 1 aromatic carbocycles. The maximum Gasteiger partial charge on any atom is 0.307 e. The first-order valence-corrected chi connectivity index (χ1v) is 5.19. The van der Waals surface area contributed by atoms with Gasteiger partial charge < -0.3 is 15.2 Å². The second-order valence-corrected chi connectivity index (χ2v) is 3.60. The first-order valence-electron chi connectivity index (χ1n) is 5.19. The van der Waals surface area contributed by atoms with Crippen molar-refractivity contribution >= 4 is 11.8 Å². The van der Waals surface area contributed by atoms with Crippen LogP contribution in [0.2, 0.25) is 0 Å². The van der Waals surface area contributed by atoms with Crippen LogP contribution in [0.25, 0.3) is 0 Å². The minimum atomic E-state index is -1.05. The lowest BCUT2D eigenvalue weighted by Crippen LogP contribution is -2.33. The van der Waals surface area contributed by atoms with E-state index >= 15 is 0 Å². The number of rotatable bonds is 5. The number of benzene rings is 1. The molecule has 0 aromatic heterocycles.